The molecule has 0 radical (unpaired) electrons. The second-order valence-electron chi connectivity index (χ2n) is 4.68. The third kappa shape index (κ3) is 5.06. The van der Waals surface area contributed by atoms with E-state index < -0.39 is 37.1 Å². The van der Waals surface area contributed by atoms with Gasteiger partial charge in [-0.05, 0) is 19.8 Å². The second kappa shape index (κ2) is 6.23. The summed E-state index contributed by atoms with van der Waals surface area (Å²) in [7, 11) is 0. The van der Waals surface area contributed by atoms with Gasteiger partial charge in [0.25, 0.3) is 0 Å². The molecule has 0 saturated carbocycles. The maximum Gasteiger partial charge on any atom is 0.411 e. The van der Waals surface area contributed by atoms with Crippen LogP contribution in [0, 0.1) is 5.92 Å². The molecule has 1 heterocycles. The number of nitrogens with zero attached hydrogens (tertiary/aromatic N) is 1. The van der Waals surface area contributed by atoms with Crippen LogP contribution in [0.2, 0.25) is 0 Å². The van der Waals surface area contributed by atoms with Crippen LogP contribution >= 0.6 is 0 Å². The number of nitrogens with two attached hydrogens (primary N) is 1. The Morgan fingerprint density at radius 2 is 2.00 bits per heavy atom. The highest BCUT2D eigenvalue weighted by atomic mass is 19.4. The average Bonchev–Trinajstić information content (AvgIpc) is 2.27. The van der Waals surface area contributed by atoms with Gasteiger partial charge in [0, 0.05) is 12.6 Å². The maximum absolute atomic E-state index is 11.9. The lowest BCUT2D eigenvalue weighted by atomic mass is 9.93. The topological polar surface area (TPSA) is 72.6 Å². The third-order valence-corrected chi connectivity index (χ3v) is 3.10. The summed E-state index contributed by atoms with van der Waals surface area (Å²) in [6.45, 7) is -0.181. The number of amides is 2. The zero-order chi connectivity index (χ0) is 14.6. The van der Waals surface area contributed by atoms with E-state index in [0.717, 1.165) is 0 Å². The van der Waals surface area contributed by atoms with Crippen LogP contribution in [0.3, 0.4) is 0 Å². The minimum atomic E-state index is -4.45. The molecule has 0 aromatic carbocycles. The summed E-state index contributed by atoms with van der Waals surface area (Å²) < 4.78 is 40.0. The molecule has 8 heteroatoms. The van der Waals surface area contributed by atoms with Crippen LogP contribution in [0.15, 0.2) is 0 Å². The van der Waals surface area contributed by atoms with E-state index in [4.69, 9.17) is 5.73 Å². The summed E-state index contributed by atoms with van der Waals surface area (Å²) in [5.74, 6) is -1.49. The van der Waals surface area contributed by atoms with Gasteiger partial charge in [-0.15, -0.1) is 0 Å². The highest BCUT2D eigenvalue weighted by Crippen LogP contribution is 2.22. The van der Waals surface area contributed by atoms with E-state index in [1.807, 2.05) is 0 Å². The fraction of sp³-hybridized carbons (Fsp3) is 0.818. The molecule has 1 rings (SSSR count). The van der Waals surface area contributed by atoms with Gasteiger partial charge in [0.15, 0.2) is 0 Å². The molecule has 1 aliphatic rings. The number of ether oxygens (including phenoxy) is 1. The largest absolute Gasteiger partial charge is 0.411 e. The molecule has 1 saturated heterocycles. The van der Waals surface area contributed by atoms with Gasteiger partial charge in [-0.25, -0.2) is 0 Å². The molecule has 19 heavy (non-hydrogen) atoms. The fourth-order valence-corrected chi connectivity index (χ4v) is 2.02. The molecule has 1 aliphatic heterocycles. The van der Waals surface area contributed by atoms with Gasteiger partial charge in [-0.1, -0.05) is 0 Å². The number of hydrogen-bond acceptors (Lipinski definition) is 3. The Morgan fingerprint density at radius 1 is 1.37 bits per heavy atom. The van der Waals surface area contributed by atoms with Gasteiger partial charge in [0.2, 0.25) is 11.8 Å². The summed E-state index contributed by atoms with van der Waals surface area (Å²) >= 11 is 0. The van der Waals surface area contributed by atoms with Gasteiger partial charge in [0.05, 0.1) is 5.92 Å². The lowest BCUT2D eigenvalue weighted by Crippen LogP contribution is -2.49. The molecular weight excluding hydrogens is 265 g/mol. The Kier molecular flexibility index (Phi) is 5.16. The molecule has 2 N–H and O–H groups in total. The number of primary amides is 1. The molecule has 5 nitrogen and oxygen atoms in total. The Hall–Kier alpha value is -1.31. The number of likely N-dealkylation sites (tertiary alicyclic amines) is 1. The number of halogens is 3. The first-order valence-corrected chi connectivity index (χ1v) is 5.94. The quantitative estimate of drug-likeness (QED) is 0.824. The number of alkyl halides is 3. The Labute approximate surface area is 108 Å². The van der Waals surface area contributed by atoms with Crippen molar-refractivity contribution in [3.05, 3.63) is 0 Å². The SMILES string of the molecule is C[C@@H]1CC[C@@H](C(N)=O)CN1C(=O)COCC(F)(F)F. The van der Waals surface area contributed by atoms with E-state index in [0.29, 0.717) is 12.8 Å². The Bertz CT molecular complexity index is 347. The lowest BCUT2D eigenvalue weighted by molar-refractivity contribution is -0.178. The summed E-state index contributed by atoms with van der Waals surface area (Å²) in [4.78, 5) is 24.2. The first-order valence-electron chi connectivity index (χ1n) is 5.94. The molecule has 0 spiro atoms. The average molecular weight is 282 g/mol. The molecule has 110 valence electrons. The van der Waals surface area contributed by atoms with Crippen molar-refractivity contribution in [1.82, 2.24) is 4.90 Å². The van der Waals surface area contributed by atoms with Gasteiger partial charge in [-0.3, -0.25) is 9.59 Å². The molecule has 0 aromatic heterocycles. The van der Waals surface area contributed by atoms with Crippen molar-refractivity contribution in [2.24, 2.45) is 11.7 Å². The number of carbonyl (C=O) groups is 2. The van der Waals surface area contributed by atoms with Crippen molar-refractivity contribution in [3.8, 4) is 0 Å². The van der Waals surface area contributed by atoms with Gasteiger partial charge in [0.1, 0.15) is 13.2 Å². The van der Waals surface area contributed by atoms with E-state index >= 15 is 0 Å². The first kappa shape index (κ1) is 15.7. The third-order valence-electron chi connectivity index (χ3n) is 3.10. The number of piperidine rings is 1. The summed E-state index contributed by atoms with van der Waals surface area (Å²) in [6, 6.07) is -0.127. The molecule has 2 amide bonds. The number of hydrogen-bond donors (Lipinski definition) is 1. The molecule has 0 unspecified atom stereocenters. The Balaban J connectivity index is 2.47. The van der Waals surface area contributed by atoms with E-state index in [2.05, 4.69) is 4.74 Å². The fourth-order valence-electron chi connectivity index (χ4n) is 2.02. The van der Waals surface area contributed by atoms with Crippen molar-refractivity contribution in [2.45, 2.75) is 32.0 Å². The van der Waals surface area contributed by atoms with Crippen molar-refractivity contribution < 1.29 is 27.5 Å². The van der Waals surface area contributed by atoms with Crippen LogP contribution in [0.1, 0.15) is 19.8 Å². The van der Waals surface area contributed by atoms with Crippen LogP contribution in [-0.4, -0.2) is 48.7 Å². The van der Waals surface area contributed by atoms with Gasteiger partial charge < -0.3 is 15.4 Å². The number of carbonyl (C=O) groups excluding carboxylic acids is 2. The predicted octanol–water partition coefficient (Wildman–Crippen LogP) is 0.678. The minimum Gasteiger partial charge on any atom is -0.369 e. The summed E-state index contributed by atoms with van der Waals surface area (Å²) in [5, 5.41) is 0. The maximum atomic E-state index is 11.9. The smallest absolute Gasteiger partial charge is 0.369 e. The minimum absolute atomic E-state index is 0.127. The standard InChI is InChI=1S/C11H17F3N2O3/c1-7-2-3-8(10(15)18)4-16(7)9(17)5-19-6-11(12,13)14/h7-8H,2-6H2,1H3,(H2,15,18)/t7-,8-/m1/s1. The zero-order valence-corrected chi connectivity index (χ0v) is 10.6. The van der Waals surface area contributed by atoms with Gasteiger partial charge >= 0.3 is 6.18 Å². The van der Waals surface area contributed by atoms with Crippen LogP contribution in [0.4, 0.5) is 13.2 Å². The van der Waals surface area contributed by atoms with E-state index in [-0.39, 0.29) is 12.6 Å². The summed E-state index contributed by atoms with van der Waals surface area (Å²) in [5.41, 5.74) is 5.18. The van der Waals surface area contributed by atoms with Gasteiger partial charge in [-0.2, -0.15) is 13.2 Å². The molecule has 1 fully saturated rings. The highest BCUT2D eigenvalue weighted by Gasteiger charge is 2.32. The first-order chi connectivity index (χ1) is 8.70. The molecular formula is C11H17F3N2O3. The molecule has 0 bridgehead atoms. The molecule has 2 atom stereocenters. The van der Waals surface area contributed by atoms with E-state index in [1.165, 1.54) is 4.90 Å². The van der Waals surface area contributed by atoms with Crippen LogP contribution in [-0.2, 0) is 14.3 Å². The van der Waals surface area contributed by atoms with Crippen LogP contribution in [0.25, 0.3) is 0 Å². The monoisotopic (exact) mass is 282 g/mol. The lowest BCUT2D eigenvalue weighted by Gasteiger charge is -2.36. The number of rotatable bonds is 4. The normalized spacial score (nSPS) is 24.3. The summed E-state index contributed by atoms with van der Waals surface area (Å²) in [6.07, 6.45) is -3.27. The van der Waals surface area contributed by atoms with Crippen molar-refractivity contribution in [1.29, 1.82) is 0 Å². The van der Waals surface area contributed by atoms with Crippen molar-refractivity contribution >= 4 is 11.8 Å². The Morgan fingerprint density at radius 3 is 2.53 bits per heavy atom. The second-order valence-corrected chi connectivity index (χ2v) is 4.68. The van der Waals surface area contributed by atoms with Crippen molar-refractivity contribution in [2.75, 3.05) is 19.8 Å². The van der Waals surface area contributed by atoms with Crippen molar-refractivity contribution in [3.63, 3.8) is 0 Å². The van der Waals surface area contributed by atoms with Crippen LogP contribution in [0.5, 0.6) is 0 Å². The zero-order valence-electron chi connectivity index (χ0n) is 10.6. The molecule has 0 aliphatic carbocycles. The van der Waals surface area contributed by atoms with Crippen LogP contribution < -0.4 is 5.73 Å². The molecule has 0 aromatic rings. The van der Waals surface area contributed by atoms with E-state index in [1.54, 1.807) is 6.92 Å². The predicted molar refractivity (Wildman–Crippen MR) is 60.0 cm³/mol. The van der Waals surface area contributed by atoms with E-state index in [9.17, 15) is 22.8 Å². The highest BCUT2D eigenvalue weighted by molar-refractivity contribution is 5.81.